The Morgan fingerprint density at radius 2 is 2.03 bits per heavy atom. The molecule has 0 saturated carbocycles. The summed E-state index contributed by atoms with van der Waals surface area (Å²) in [6, 6.07) is 10.1. The molecule has 0 spiro atoms. The Labute approximate surface area is 166 Å². The molecule has 29 heavy (non-hydrogen) atoms. The minimum Gasteiger partial charge on any atom is -0.336 e. The first kappa shape index (κ1) is 18.9. The standard InChI is InChI=1S/C21H23N5O3/c1-25-19-18(20(28)24-21(25)29)22-16(23-19)11-12-17(27)26-13-5-8-15(26)10-9-14-6-3-2-4-7-14/h2-4,6-7,9-10,15H,5,8,11-13H2,1H3,(H,22,23)(H,24,28,29)/t15-/m0/s1. The number of carbonyl (C=O) groups is 1. The van der Waals surface area contributed by atoms with Gasteiger partial charge in [-0.25, -0.2) is 9.78 Å². The Hall–Kier alpha value is -3.42. The summed E-state index contributed by atoms with van der Waals surface area (Å²) in [5, 5.41) is 0. The summed E-state index contributed by atoms with van der Waals surface area (Å²) in [6.07, 6.45) is 6.77. The van der Waals surface area contributed by atoms with Crippen LogP contribution in [0.25, 0.3) is 17.2 Å². The van der Waals surface area contributed by atoms with Crippen molar-refractivity contribution in [3.8, 4) is 0 Å². The third-order valence-corrected chi connectivity index (χ3v) is 5.31. The van der Waals surface area contributed by atoms with Gasteiger partial charge in [-0.1, -0.05) is 42.5 Å². The van der Waals surface area contributed by atoms with Crippen molar-refractivity contribution in [2.24, 2.45) is 7.05 Å². The lowest BCUT2D eigenvalue weighted by Gasteiger charge is -2.22. The molecule has 0 unspecified atom stereocenters. The summed E-state index contributed by atoms with van der Waals surface area (Å²) in [6.45, 7) is 0.747. The summed E-state index contributed by atoms with van der Waals surface area (Å²) in [5.41, 5.74) is 0.649. The number of imidazole rings is 1. The van der Waals surface area contributed by atoms with E-state index in [1.807, 2.05) is 35.2 Å². The van der Waals surface area contributed by atoms with Gasteiger partial charge in [0.2, 0.25) is 5.91 Å². The van der Waals surface area contributed by atoms with E-state index in [0.717, 1.165) is 24.9 Å². The lowest BCUT2D eigenvalue weighted by Crippen LogP contribution is -2.34. The van der Waals surface area contributed by atoms with Gasteiger partial charge in [-0.05, 0) is 18.4 Å². The molecule has 8 nitrogen and oxygen atoms in total. The van der Waals surface area contributed by atoms with Crippen molar-refractivity contribution in [2.45, 2.75) is 31.7 Å². The molecular weight excluding hydrogens is 370 g/mol. The zero-order valence-corrected chi connectivity index (χ0v) is 16.2. The van der Waals surface area contributed by atoms with Gasteiger partial charge in [0.15, 0.2) is 5.65 Å². The highest BCUT2D eigenvalue weighted by Crippen LogP contribution is 2.21. The van der Waals surface area contributed by atoms with Crippen LogP contribution in [0.5, 0.6) is 0 Å². The number of carbonyl (C=O) groups excluding carboxylic acids is 1. The van der Waals surface area contributed by atoms with E-state index in [9.17, 15) is 14.4 Å². The number of likely N-dealkylation sites (tertiary alicyclic amines) is 1. The molecule has 3 heterocycles. The fourth-order valence-corrected chi connectivity index (χ4v) is 3.73. The van der Waals surface area contributed by atoms with Gasteiger partial charge in [-0.3, -0.25) is 19.1 Å². The number of nitrogens with one attached hydrogen (secondary N) is 2. The lowest BCUT2D eigenvalue weighted by molar-refractivity contribution is -0.131. The fourth-order valence-electron chi connectivity index (χ4n) is 3.73. The lowest BCUT2D eigenvalue weighted by atomic mass is 10.1. The molecule has 1 fully saturated rings. The monoisotopic (exact) mass is 393 g/mol. The van der Waals surface area contributed by atoms with Gasteiger partial charge in [0.05, 0.1) is 6.04 Å². The van der Waals surface area contributed by atoms with E-state index < -0.39 is 11.2 Å². The molecule has 150 valence electrons. The highest BCUT2D eigenvalue weighted by molar-refractivity contribution is 5.78. The van der Waals surface area contributed by atoms with Crippen molar-refractivity contribution in [3.05, 3.63) is 68.6 Å². The van der Waals surface area contributed by atoms with Gasteiger partial charge in [0.1, 0.15) is 11.3 Å². The Morgan fingerprint density at radius 1 is 1.24 bits per heavy atom. The molecule has 0 aliphatic carbocycles. The summed E-state index contributed by atoms with van der Waals surface area (Å²) < 4.78 is 1.28. The molecule has 3 aromatic rings. The molecule has 1 aliphatic heterocycles. The van der Waals surface area contributed by atoms with Gasteiger partial charge in [-0.2, -0.15) is 0 Å². The van der Waals surface area contributed by atoms with Crippen molar-refractivity contribution in [3.63, 3.8) is 0 Å². The van der Waals surface area contributed by atoms with E-state index in [1.54, 1.807) is 7.05 Å². The third-order valence-electron chi connectivity index (χ3n) is 5.31. The highest BCUT2D eigenvalue weighted by atomic mass is 16.2. The van der Waals surface area contributed by atoms with Gasteiger partial charge >= 0.3 is 5.69 Å². The number of rotatable bonds is 5. The van der Waals surface area contributed by atoms with E-state index >= 15 is 0 Å². The van der Waals surface area contributed by atoms with Crippen LogP contribution in [-0.2, 0) is 18.3 Å². The second-order valence-electron chi connectivity index (χ2n) is 7.27. The maximum absolute atomic E-state index is 12.8. The average molecular weight is 393 g/mol. The number of aromatic nitrogens is 4. The summed E-state index contributed by atoms with van der Waals surface area (Å²) in [5.74, 6) is 0.587. The van der Waals surface area contributed by atoms with Gasteiger partial charge in [0, 0.05) is 26.4 Å². The number of benzene rings is 1. The van der Waals surface area contributed by atoms with Crippen LogP contribution >= 0.6 is 0 Å². The minimum atomic E-state index is -0.512. The van der Waals surface area contributed by atoms with Crippen LogP contribution in [0.1, 0.15) is 30.7 Å². The van der Waals surface area contributed by atoms with Crippen LogP contribution in [0.4, 0.5) is 0 Å². The van der Waals surface area contributed by atoms with Crippen LogP contribution in [-0.4, -0.2) is 42.9 Å². The first-order valence-corrected chi connectivity index (χ1v) is 9.73. The second-order valence-corrected chi connectivity index (χ2v) is 7.27. The van der Waals surface area contributed by atoms with Crippen LogP contribution in [0.2, 0.25) is 0 Å². The number of amides is 1. The smallest absolute Gasteiger partial charge is 0.329 e. The first-order chi connectivity index (χ1) is 14.0. The van der Waals surface area contributed by atoms with Crippen LogP contribution in [0.3, 0.4) is 0 Å². The van der Waals surface area contributed by atoms with E-state index in [0.29, 0.717) is 24.3 Å². The summed E-state index contributed by atoms with van der Waals surface area (Å²) >= 11 is 0. The molecule has 1 atom stereocenters. The molecule has 2 N–H and O–H groups in total. The third kappa shape index (κ3) is 3.91. The van der Waals surface area contributed by atoms with E-state index in [4.69, 9.17) is 0 Å². The van der Waals surface area contributed by atoms with Crippen molar-refractivity contribution in [2.75, 3.05) is 6.54 Å². The maximum atomic E-state index is 12.8. The second kappa shape index (κ2) is 7.90. The van der Waals surface area contributed by atoms with Gasteiger partial charge in [-0.15, -0.1) is 0 Å². The highest BCUT2D eigenvalue weighted by Gasteiger charge is 2.26. The van der Waals surface area contributed by atoms with Gasteiger partial charge in [0.25, 0.3) is 5.56 Å². The van der Waals surface area contributed by atoms with Crippen molar-refractivity contribution >= 4 is 23.1 Å². The Balaban J connectivity index is 1.44. The van der Waals surface area contributed by atoms with Gasteiger partial charge < -0.3 is 9.88 Å². The Kier molecular flexibility index (Phi) is 5.16. The topological polar surface area (TPSA) is 104 Å². The van der Waals surface area contributed by atoms with Crippen LogP contribution < -0.4 is 11.2 Å². The molecule has 1 aromatic carbocycles. The molecule has 1 aliphatic rings. The van der Waals surface area contributed by atoms with Crippen LogP contribution in [0.15, 0.2) is 46.0 Å². The number of fused-ring (bicyclic) bond motifs is 1. The summed E-state index contributed by atoms with van der Waals surface area (Å²) in [7, 11) is 1.55. The number of aryl methyl sites for hydroxylation is 2. The number of nitrogens with zero attached hydrogens (tertiary/aromatic N) is 3. The van der Waals surface area contributed by atoms with Crippen molar-refractivity contribution in [1.29, 1.82) is 0 Å². The maximum Gasteiger partial charge on any atom is 0.329 e. The molecule has 8 heteroatoms. The molecule has 4 rings (SSSR count). The number of H-pyrrole nitrogens is 2. The minimum absolute atomic E-state index is 0.0634. The van der Waals surface area contributed by atoms with Crippen LogP contribution in [0, 0.1) is 0 Å². The van der Waals surface area contributed by atoms with E-state index in [-0.39, 0.29) is 17.5 Å². The molecule has 0 radical (unpaired) electrons. The molecule has 0 bridgehead atoms. The van der Waals surface area contributed by atoms with Crippen molar-refractivity contribution in [1.82, 2.24) is 24.4 Å². The quantitative estimate of drug-likeness (QED) is 0.687. The normalized spacial score (nSPS) is 16.9. The zero-order chi connectivity index (χ0) is 20.4. The predicted molar refractivity (Wildman–Crippen MR) is 110 cm³/mol. The number of aromatic amines is 2. The SMILES string of the molecule is Cn1c(=O)[nH]c(=O)c2[nH]c(CCC(=O)N3CCC[C@H]3C=Cc3ccccc3)nc21. The molecule has 1 saturated heterocycles. The Bertz CT molecular complexity index is 1170. The largest absolute Gasteiger partial charge is 0.336 e. The molecule has 2 aromatic heterocycles. The predicted octanol–water partition coefficient (Wildman–Crippen LogP) is 1.59. The summed E-state index contributed by atoms with van der Waals surface area (Å²) in [4.78, 5) is 47.8. The first-order valence-electron chi connectivity index (χ1n) is 9.73. The van der Waals surface area contributed by atoms with Crippen molar-refractivity contribution < 1.29 is 4.79 Å². The number of hydrogen-bond acceptors (Lipinski definition) is 4. The average Bonchev–Trinajstić information content (AvgIpc) is 3.37. The van der Waals surface area contributed by atoms with E-state index in [1.165, 1.54) is 4.57 Å². The zero-order valence-electron chi connectivity index (χ0n) is 16.2. The molecular formula is C21H23N5O3. The Morgan fingerprint density at radius 3 is 2.83 bits per heavy atom. The van der Waals surface area contributed by atoms with E-state index in [2.05, 4.69) is 27.1 Å². The number of hydrogen-bond donors (Lipinski definition) is 2. The fraction of sp³-hybridized carbons (Fsp3) is 0.333. The molecule has 1 amide bonds.